The van der Waals surface area contributed by atoms with Gasteiger partial charge in [-0.05, 0) is 6.92 Å². The zero-order valence-corrected chi connectivity index (χ0v) is 10.5. The SMILES string of the molecule is CCOS(=O)(=O)OC(=O)CC(O)(CC(=O)O)C(=O)O. The summed E-state index contributed by atoms with van der Waals surface area (Å²) in [7, 11) is -4.66. The van der Waals surface area contributed by atoms with Crippen LogP contribution in [0.15, 0.2) is 0 Å². The molecule has 19 heavy (non-hydrogen) atoms. The molecule has 110 valence electrons. The molecule has 0 spiro atoms. The first-order chi connectivity index (χ1) is 8.52. The lowest BCUT2D eigenvalue weighted by atomic mass is 9.96. The van der Waals surface area contributed by atoms with E-state index < -0.39 is 46.7 Å². The molecule has 0 aliphatic carbocycles. The van der Waals surface area contributed by atoms with Crippen LogP contribution in [-0.4, -0.2) is 53.9 Å². The van der Waals surface area contributed by atoms with Gasteiger partial charge in [0.1, 0.15) is 0 Å². The maximum Gasteiger partial charge on any atom is 0.451 e. The number of rotatable bonds is 8. The second kappa shape index (κ2) is 6.45. The van der Waals surface area contributed by atoms with Gasteiger partial charge in [0.2, 0.25) is 0 Å². The lowest BCUT2D eigenvalue weighted by Gasteiger charge is -2.19. The van der Waals surface area contributed by atoms with Crippen molar-refractivity contribution in [2.75, 3.05) is 6.61 Å². The molecule has 1 atom stereocenters. The van der Waals surface area contributed by atoms with E-state index in [2.05, 4.69) is 8.37 Å². The molecule has 0 aromatic heterocycles. The third-order valence-corrected chi connectivity index (χ3v) is 2.65. The van der Waals surface area contributed by atoms with E-state index in [4.69, 9.17) is 10.2 Å². The van der Waals surface area contributed by atoms with Crippen LogP contribution < -0.4 is 0 Å². The van der Waals surface area contributed by atoms with E-state index in [0.717, 1.165) is 0 Å². The molecule has 0 heterocycles. The van der Waals surface area contributed by atoms with Gasteiger partial charge >= 0.3 is 28.3 Å². The van der Waals surface area contributed by atoms with E-state index in [1.165, 1.54) is 6.92 Å². The molecule has 0 saturated heterocycles. The normalized spacial score (nSPS) is 14.4. The second-order valence-corrected chi connectivity index (χ2v) is 4.57. The smallest absolute Gasteiger partial charge is 0.451 e. The third kappa shape index (κ3) is 6.13. The van der Waals surface area contributed by atoms with Crippen LogP contribution in [0, 0.1) is 0 Å². The molecule has 0 radical (unpaired) electrons. The van der Waals surface area contributed by atoms with Gasteiger partial charge in [0.15, 0.2) is 5.60 Å². The molecule has 0 aliphatic heterocycles. The molecule has 0 aromatic rings. The van der Waals surface area contributed by atoms with Crippen molar-refractivity contribution in [1.29, 1.82) is 0 Å². The number of hydrogen-bond acceptors (Lipinski definition) is 8. The summed E-state index contributed by atoms with van der Waals surface area (Å²) in [5.41, 5.74) is -2.97. The molecule has 0 aliphatic rings. The number of aliphatic hydroxyl groups is 1. The van der Waals surface area contributed by atoms with Crippen molar-refractivity contribution in [3.63, 3.8) is 0 Å². The van der Waals surface area contributed by atoms with E-state index in [-0.39, 0.29) is 6.61 Å². The first kappa shape index (κ1) is 17.3. The summed E-state index contributed by atoms with van der Waals surface area (Å²) < 4.78 is 29.7. The van der Waals surface area contributed by atoms with Crippen molar-refractivity contribution < 1.29 is 46.5 Å². The standard InChI is InChI=1S/C8H12O10S/c1-2-17-19(15,16)18-6(11)4-8(14,7(12)13)3-5(9)10/h14H,2-4H2,1H3,(H,9,10)(H,12,13). The predicted octanol–water partition coefficient (Wildman–Crippen LogP) is -1.51. The Morgan fingerprint density at radius 3 is 2.05 bits per heavy atom. The van der Waals surface area contributed by atoms with E-state index in [1.54, 1.807) is 0 Å². The molecule has 3 N–H and O–H groups in total. The molecule has 0 aromatic carbocycles. The van der Waals surface area contributed by atoms with Crippen molar-refractivity contribution in [3.05, 3.63) is 0 Å². The van der Waals surface area contributed by atoms with Crippen LogP contribution in [0.25, 0.3) is 0 Å². The van der Waals surface area contributed by atoms with Gasteiger partial charge < -0.3 is 19.5 Å². The molecule has 0 amide bonds. The predicted molar refractivity (Wildman–Crippen MR) is 56.1 cm³/mol. The quantitative estimate of drug-likeness (QED) is 0.479. The van der Waals surface area contributed by atoms with Crippen LogP contribution in [0.4, 0.5) is 0 Å². The van der Waals surface area contributed by atoms with Crippen molar-refractivity contribution in [3.8, 4) is 0 Å². The van der Waals surface area contributed by atoms with Crippen molar-refractivity contribution in [2.45, 2.75) is 25.4 Å². The van der Waals surface area contributed by atoms with Crippen LogP contribution in [-0.2, 0) is 33.1 Å². The minimum Gasteiger partial charge on any atom is -0.481 e. The Bertz CT molecular complexity index is 466. The summed E-state index contributed by atoms with van der Waals surface area (Å²) in [5, 5.41) is 26.5. The lowest BCUT2D eigenvalue weighted by Crippen LogP contribution is -2.43. The van der Waals surface area contributed by atoms with E-state index >= 15 is 0 Å². The van der Waals surface area contributed by atoms with Gasteiger partial charge in [0.25, 0.3) is 0 Å². The molecule has 0 bridgehead atoms. The summed E-state index contributed by atoms with van der Waals surface area (Å²) in [6.45, 7) is 0.970. The lowest BCUT2D eigenvalue weighted by molar-refractivity contribution is -0.169. The summed E-state index contributed by atoms with van der Waals surface area (Å²) in [6, 6.07) is 0. The van der Waals surface area contributed by atoms with Gasteiger partial charge in [-0.25, -0.2) is 8.98 Å². The zero-order valence-electron chi connectivity index (χ0n) is 9.73. The highest BCUT2D eigenvalue weighted by Crippen LogP contribution is 2.17. The van der Waals surface area contributed by atoms with Crippen LogP contribution in [0.5, 0.6) is 0 Å². The fourth-order valence-electron chi connectivity index (χ4n) is 1.01. The summed E-state index contributed by atoms with van der Waals surface area (Å²) in [5.74, 6) is -5.34. The molecule has 0 rings (SSSR count). The number of carbonyl (C=O) groups is 3. The number of aliphatic carboxylic acids is 2. The molecule has 11 heteroatoms. The Balaban J connectivity index is 4.84. The van der Waals surface area contributed by atoms with Gasteiger partial charge in [-0.15, -0.1) is 0 Å². The molecule has 0 fully saturated rings. The van der Waals surface area contributed by atoms with Crippen LogP contribution >= 0.6 is 0 Å². The highest BCUT2D eigenvalue weighted by Gasteiger charge is 2.42. The monoisotopic (exact) mass is 300 g/mol. The Morgan fingerprint density at radius 1 is 1.16 bits per heavy atom. The minimum absolute atomic E-state index is 0.325. The van der Waals surface area contributed by atoms with Gasteiger partial charge in [0.05, 0.1) is 19.4 Å². The van der Waals surface area contributed by atoms with Gasteiger partial charge in [-0.1, -0.05) is 0 Å². The fraction of sp³-hybridized carbons (Fsp3) is 0.625. The van der Waals surface area contributed by atoms with Crippen molar-refractivity contribution in [1.82, 2.24) is 0 Å². The molecular weight excluding hydrogens is 288 g/mol. The van der Waals surface area contributed by atoms with Crippen LogP contribution in [0.2, 0.25) is 0 Å². The largest absolute Gasteiger partial charge is 0.481 e. The molecular formula is C8H12O10S. The first-order valence-electron chi connectivity index (χ1n) is 4.81. The first-order valence-corrected chi connectivity index (χ1v) is 6.15. The molecule has 10 nitrogen and oxygen atoms in total. The average Bonchev–Trinajstić information content (AvgIpc) is 2.13. The van der Waals surface area contributed by atoms with Crippen LogP contribution in [0.1, 0.15) is 19.8 Å². The zero-order chi connectivity index (χ0) is 15.3. The Kier molecular flexibility index (Phi) is 5.86. The van der Waals surface area contributed by atoms with Crippen LogP contribution in [0.3, 0.4) is 0 Å². The number of carboxylic acid groups (broad SMARTS) is 2. The maximum atomic E-state index is 11.1. The van der Waals surface area contributed by atoms with E-state index in [9.17, 15) is 27.9 Å². The molecule has 1 unspecified atom stereocenters. The molecule has 0 saturated carbocycles. The highest BCUT2D eigenvalue weighted by molar-refractivity contribution is 7.82. The van der Waals surface area contributed by atoms with E-state index in [1.807, 2.05) is 0 Å². The number of carboxylic acids is 2. The number of hydrogen-bond donors (Lipinski definition) is 3. The van der Waals surface area contributed by atoms with Crippen molar-refractivity contribution >= 4 is 28.3 Å². The fourth-order valence-corrected chi connectivity index (χ4v) is 1.64. The Labute approximate surface area is 107 Å². The summed E-state index contributed by atoms with van der Waals surface area (Å²) in [6.07, 6.45) is -2.66. The topological polar surface area (TPSA) is 165 Å². The van der Waals surface area contributed by atoms with Gasteiger partial charge in [-0.2, -0.15) is 8.42 Å². The summed E-state index contributed by atoms with van der Waals surface area (Å²) in [4.78, 5) is 32.2. The Morgan fingerprint density at radius 2 is 1.68 bits per heavy atom. The minimum atomic E-state index is -4.66. The van der Waals surface area contributed by atoms with Crippen molar-refractivity contribution in [2.24, 2.45) is 0 Å². The number of carbonyl (C=O) groups excluding carboxylic acids is 1. The highest BCUT2D eigenvalue weighted by atomic mass is 32.3. The summed E-state index contributed by atoms with van der Waals surface area (Å²) >= 11 is 0. The maximum absolute atomic E-state index is 11.1. The third-order valence-electron chi connectivity index (χ3n) is 1.74. The average molecular weight is 300 g/mol. The van der Waals surface area contributed by atoms with Gasteiger partial charge in [0, 0.05) is 0 Å². The second-order valence-electron chi connectivity index (χ2n) is 3.35. The van der Waals surface area contributed by atoms with E-state index in [0.29, 0.717) is 0 Å². The van der Waals surface area contributed by atoms with Gasteiger partial charge in [-0.3, -0.25) is 9.59 Å². The Hall–Kier alpha value is -1.72.